The van der Waals surface area contributed by atoms with Crippen molar-refractivity contribution in [3.63, 3.8) is 0 Å². The molecule has 1 heterocycles. The van der Waals surface area contributed by atoms with E-state index in [0.29, 0.717) is 23.3 Å². The zero-order valence-corrected chi connectivity index (χ0v) is 37.0. The molecular weight excluding hydrogens is 845 g/mol. The molecule has 0 amide bonds. The summed E-state index contributed by atoms with van der Waals surface area (Å²) in [4.78, 5) is 5.68. The first-order chi connectivity index (χ1) is 31.0. The molecule has 3 N–H and O–H groups in total. The predicted molar refractivity (Wildman–Crippen MR) is 285 cm³/mol. The van der Waals surface area contributed by atoms with Crippen molar-refractivity contribution in [3.8, 4) is 161 Å². The Labute approximate surface area is 408 Å². The van der Waals surface area contributed by atoms with E-state index >= 15 is 0 Å². The quantitative estimate of drug-likeness (QED) is 0.0865. The van der Waals surface area contributed by atoms with Crippen molar-refractivity contribution in [2.45, 2.75) is 69.3 Å². The summed E-state index contributed by atoms with van der Waals surface area (Å²) in [5.41, 5.74) is 1.50. The third-order valence-corrected chi connectivity index (χ3v) is 10.5. The lowest BCUT2D eigenvalue weighted by molar-refractivity contribution is -0.623. The fourth-order valence-electron chi connectivity index (χ4n) is 5.83. The predicted octanol–water partition coefficient (Wildman–Crippen LogP) is 9.56. The van der Waals surface area contributed by atoms with E-state index in [4.69, 9.17) is 18.1 Å². The largest absolute Gasteiger partial charge is 0.508 e. The van der Waals surface area contributed by atoms with Crippen molar-refractivity contribution in [1.29, 1.82) is 0 Å². The number of aromatic hydroxyl groups is 1. The lowest BCUT2D eigenvalue weighted by Crippen LogP contribution is -2.43. The minimum Gasteiger partial charge on any atom is -0.508 e. The molecule has 0 unspecified atom stereocenters. The average Bonchev–Trinajstić information content (AvgIpc) is 3.35. The number of hydrogen-bond donors (Lipinski definition) is 3. The molecule has 0 aliphatic carbocycles. The van der Waals surface area contributed by atoms with Gasteiger partial charge in [0.15, 0.2) is 9.84 Å². The van der Waals surface area contributed by atoms with E-state index in [1.54, 1.807) is 24.3 Å². The van der Waals surface area contributed by atoms with Crippen LogP contribution in [0.25, 0.3) is 0 Å². The smallest absolute Gasteiger partial charge is 0.179 e. The van der Waals surface area contributed by atoms with Crippen LogP contribution in [-0.2, 0) is 37.3 Å². The Morgan fingerprint density at radius 2 is 1.19 bits per heavy atom. The average molecular weight is 919 g/mol. The molecule has 0 fully saturated rings. The number of aliphatic hydroxyl groups excluding tert-OH is 1. The molecule has 1 aliphatic rings. The molecule has 352 valence electrons. The maximum absolute atomic E-state index is 13.7. The van der Waals surface area contributed by atoms with Gasteiger partial charge in [-0.15, -0.1) is 12.8 Å². The van der Waals surface area contributed by atoms with E-state index in [1.165, 1.54) is 0 Å². The van der Waals surface area contributed by atoms with Crippen LogP contribution in [0.5, 0.6) is 5.75 Å². The van der Waals surface area contributed by atoms with Gasteiger partial charge in [0, 0.05) is 112 Å². The van der Waals surface area contributed by atoms with Gasteiger partial charge < -0.3 is 15.1 Å². The zero-order chi connectivity index (χ0) is 47.3. The number of sulfone groups is 1. The lowest BCUT2D eigenvalue weighted by atomic mass is 9.68. The number of nitrogens with zero attached hydrogens (tertiary/aromatic N) is 2. The van der Waals surface area contributed by atoms with E-state index in [0.717, 1.165) is 36.9 Å². The number of rotatable bonds is 11. The van der Waals surface area contributed by atoms with Gasteiger partial charge in [0.05, 0.1) is 29.2 Å². The molecule has 64 heavy (non-hydrogen) atoms. The van der Waals surface area contributed by atoms with Crippen LogP contribution in [0.1, 0.15) is 93.7 Å². The Kier molecular flexibility index (Phi) is 27.5. The highest BCUT2D eigenvalue weighted by Gasteiger charge is 2.49. The molecule has 2 aromatic rings. The summed E-state index contributed by atoms with van der Waals surface area (Å²) in [6.07, 6.45) is 13.9. The highest BCUT2D eigenvalue weighted by Crippen LogP contribution is 2.50. The summed E-state index contributed by atoms with van der Waals surface area (Å²) in [6.45, 7) is 4.19. The highest BCUT2D eigenvalue weighted by molar-refractivity contribution is 7.91. The van der Waals surface area contributed by atoms with Crippen molar-refractivity contribution >= 4 is 27.9 Å². The molecule has 3 rings (SSSR count). The van der Waals surface area contributed by atoms with Crippen molar-refractivity contribution in [2.75, 3.05) is 24.7 Å². The van der Waals surface area contributed by atoms with Crippen LogP contribution < -0.4 is 4.90 Å². The van der Waals surface area contributed by atoms with Gasteiger partial charge in [-0.2, -0.15) is 4.99 Å². The zero-order valence-electron chi connectivity index (χ0n) is 35.4. The molecular formula is C52H74N2O8S2. The number of phenolic OH excluding ortho intramolecular Hbond substituents is 1. The van der Waals surface area contributed by atoms with Crippen LogP contribution in [0.3, 0.4) is 0 Å². The number of anilines is 1. The topological polar surface area (TPSA) is 138 Å². The SMILES string of the molecule is C#CC#CC#CC#CC#CC#CC#CC#CC#CC#CC#CC#CC#C.CCCCC1(CCCC)CS(=O)(=O)c2ccc(N(C)C)cc2[C@@H](c2cccc(O)c2)[C@H]1O.OOOON=S.[HH].[HH].[HH].[HH].[HH].[HH].[HH].[HH].[HH].[HH].[HH].[HH].[HH].[HH].[HH].[HH].[HH]. The third kappa shape index (κ3) is 20.9. The maximum Gasteiger partial charge on any atom is 0.179 e. The van der Waals surface area contributed by atoms with E-state index < -0.39 is 27.3 Å². The van der Waals surface area contributed by atoms with Gasteiger partial charge >= 0.3 is 0 Å². The first-order valence-electron chi connectivity index (χ1n) is 18.9. The van der Waals surface area contributed by atoms with Crippen LogP contribution in [0.2, 0.25) is 0 Å². The summed E-state index contributed by atoms with van der Waals surface area (Å²) >= 11 is 3.80. The Morgan fingerprint density at radius 3 is 1.53 bits per heavy atom. The maximum atomic E-state index is 13.7. The van der Waals surface area contributed by atoms with E-state index in [9.17, 15) is 18.6 Å². The molecule has 12 heteroatoms. The van der Waals surface area contributed by atoms with E-state index in [2.05, 4.69) is 188 Å². The molecule has 2 atom stereocenters. The minimum absolute atomic E-state index is 0. The number of unbranched alkanes of at least 4 members (excludes halogenated alkanes) is 2. The van der Waals surface area contributed by atoms with Gasteiger partial charge in [0.1, 0.15) is 5.75 Å². The molecule has 0 spiro atoms. The fraction of sp³-hybridized carbons (Fsp3) is 0.269. The number of terminal acetylenes is 2. The number of hydrogen-bond acceptors (Lipinski definition) is 11. The standard InChI is InChI=1S/C26H37NO4S.C26H2.HNO4S.17H2/c1-5-7-14-26(15-8-6-2)18-32(30,31)23-13-12-20(27(3)4)17-22(23)24(25(26)29)19-10-9-11-21(28)16-19;1-3-5-7-9-11-13-15-17-19-21-23-25-26-24-22-20-18-16-14-12-10-8-6-4-2;2-4-5-3-1-6;;;;;;;;;;;;;;;;;/h9-13,16-17,24-25,28-29H,5-8,14-15,18H2,1-4H3;1-2H;2H;17*1H/t24-,25-;;;;;;;;;;;;;;;;;;;/m1.................../s1. The van der Waals surface area contributed by atoms with Crippen LogP contribution in [0.15, 0.2) is 51.9 Å². The van der Waals surface area contributed by atoms with Gasteiger partial charge in [0.25, 0.3) is 0 Å². The van der Waals surface area contributed by atoms with Gasteiger partial charge in [-0.25, -0.2) is 13.7 Å². The van der Waals surface area contributed by atoms with Crippen molar-refractivity contribution in [3.05, 3.63) is 53.6 Å². The molecule has 0 bridgehead atoms. The molecule has 2 aromatic carbocycles. The molecule has 0 saturated heterocycles. The van der Waals surface area contributed by atoms with Crippen LogP contribution in [-0.4, -0.2) is 49.8 Å². The van der Waals surface area contributed by atoms with Gasteiger partial charge in [-0.1, -0.05) is 51.7 Å². The minimum atomic E-state index is -3.61. The monoisotopic (exact) mass is 918 g/mol. The van der Waals surface area contributed by atoms with E-state index in [1.807, 2.05) is 37.2 Å². The van der Waals surface area contributed by atoms with E-state index in [-0.39, 0.29) is 35.8 Å². The van der Waals surface area contributed by atoms with Crippen molar-refractivity contribution in [1.82, 2.24) is 0 Å². The third-order valence-electron chi connectivity index (χ3n) is 8.43. The van der Waals surface area contributed by atoms with Crippen molar-refractivity contribution < 1.29 is 63.2 Å². The number of benzene rings is 2. The van der Waals surface area contributed by atoms with Crippen LogP contribution >= 0.6 is 0 Å². The second-order valence-corrected chi connectivity index (χ2v) is 14.9. The number of phenols is 1. The Morgan fingerprint density at radius 1 is 0.750 bits per heavy atom. The second-order valence-electron chi connectivity index (χ2n) is 12.8. The van der Waals surface area contributed by atoms with Crippen LogP contribution in [0, 0.1) is 160 Å². The molecule has 0 aromatic heterocycles. The highest BCUT2D eigenvalue weighted by atomic mass is 32.2. The Hall–Kier alpha value is -8.07. The number of aliphatic hydroxyl groups is 1. The second kappa shape index (κ2) is 32.7. The summed E-state index contributed by atoms with van der Waals surface area (Å²) in [5, 5.41) is 35.6. The Balaban J connectivity index is -0.0000000518. The summed E-state index contributed by atoms with van der Waals surface area (Å²) in [6, 6.07) is 12.3. The van der Waals surface area contributed by atoms with Gasteiger partial charge in [-0.05, 0) is 154 Å². The summed E-state index contributed by atoms with van der Waals surface area (Å²) < 4.78 is 30.0. The molecule has 10 nitrogen and oxygen atoms in total. The van der Waals surface area contributed by atoms with Crippen molar-refractivity contribution in [2.24, 2.45) is 9.94 Å². The van der Waals surface area contributed by atoms with Crippen LogP contribution in [0.4, 0.5) is 5.69 Å². The summed E-state index contributed by atoms with van der Waals surface area (Å²) in [7, 11) is 0.218. The Bertz CT molecular complexity index is 2830. The normalized spacial score (nSPS) is 13.0. The van der Waals surface area contributed by atoms with Gasteiger partial charge in [0.2, 0.25) is 0 Å². The first-order valence-corrected chi connectivity index (χ1v) is 20.9. The fourth-order valence-corrected chi connectivity index (χ4v) is 8.05. The molecule has 0 radical (unpaired) electrons. The first kappa shape index (κ1) is 53.9. The molecule has 1 aliphatic heterocycles. The molecule has 0 saturated carbocycles. The number of fused-ring (bicyclic) bond motifs is 1. The summed E-state index contributed by atoms with van der Waals surface area (Å²) in [5.74, 6) is 57.7. The van der Waals surface area contributed by atoms with Gasteiger partial charge in [-0.3, -0.25) is 0 Å². The lowest BCUT2D eigenvalue weighted by Gasteiger charge is -2.40.